The van der Waals surface area contributed by atoms with Crippen molar-refractivity contribution in [2.75, 3.05) is 17.2 Å². The van der Waals surface area contributed by atoms with Crippen molar-refractivity contribution in [3.05, 3.63) is 40.4 Å². The van der Waals surface area contributed by atoms with E-state index in [4.69, 9.17) is 10.00 Å². The molecular weight excluding hydrogens is 378 g/mol. The van der Waals surface area contributed by atoms with Gasteiger partial charge in [-0.05, 0) is 39.0 Å². The number of nitrogens with zero attached hydrogens (tertiary/aromatic N) is 3. The predicted octanol–water partition coefficient (Wildman–Crippen LogP) is 3.95. The largest absolute Gasteiger partial charge is 0.444 e. The van der Waals surface area contributed by atoms with E-state index in [1.807, 2.05) is 26.8 Å². The molecule has 0 saturated heterocycles. The van der Waals surface area contributed by atoms with E-state index in [-0.39, 0.29) is 6.09 Å². The fraction of sp³-hybridized carbons (Fsp3) is 0.368. The molecule has 8 nitrogen and oxygen atoms in total. The monoisotopic (exact) mass is 399 g/mol. The average molecular weight is 399 g/mol. The Bertz CT molecular complexity index is 942. The zero-order valence-electron chi connectivity index (χ0n) is 15.9. The smallest absolute Gasteiger partial charge is 0.410 e. The molecule has 0 spiro atoms. The Kier molecular flexibility index (Phi) is 5.51. The Morgan fingerprint density at radius 2 is 2.11 bits per heavy atom. The third-order valence-electron chi connectivity index (χ3n) is 3.85. The van der Waals surface area contributed by atoms with Gasteiger partial charge in [-0.1, -0.05) is 17.4 Å². The summed E-state index contributed by atoms with van der Waals surface area (Å²) in [5, 5.41) is 14.8. The number of hydrogen-bond acceptors (Lipinski definition) is 6. The lowest BCUT2D eigenvalue weighted by molar-refractivity contribution is 0.0225. The summed E-state index contributed by atoms with van der Waals surface area (Å²) in [7, 11) is 0. The summed E-state index contributed by atoms with van der Waals surface area (Å²) in [6.45, 7) is 6.44. The fourth-order valence-corrected chi connectivity index (χ4v) is 3.68. The Morgan fingerprint density at radius 3 is 2.82 bits per heavy atom. The molecule has 0 radical (unpaired) electrons. The Balaban J connectivity index is 1.61. The zero-order chi connectivity index (χ0) is 20.3. The van der Waals surface area contributed by atoms with Crippen LogP contribution in [0.25, 0.3) is 0 Å². The molecule has 9 heteroatoms. The maximum absolute atomic E-state index is 12.2. The number of carbonyl (C=O) groups is 2. The number of nitriles is 1. The van der Waals surface area contributed by atoms with E-state index >= 15 is 0 Å². The molecule has 0 fully saturated rings. The van der Waals surface area contributed by atoms with Crippen molar-refractivity contribution >= 4 is 34.3 Å². The molecule has 28 heavy (non-hydrogen) atoms. The zero-order valence-corrected chi connectivity index (χ0v) is 16.7. The lowest BCUT2D eigenvalue weighted by Gasteiger charge is -2.29. The number of nitrogens with one attached hydrogen (secondary N) is 2. The van der Waals surface area contributed by atoms with Gasteiger partial charge in [0.15, 0.2) is 5.13 Å². The molecule has 3 rings (SSSR count). The third-order valence-corrected chi connectivity index (χ3v) is 4.85. The Labute approximate surface area is 167 Å². The summed E-state index contributed by atoms with van der Waals surface area (Å²) in [6, 6.07) is 8.23. The predicted molar refractivity (Wildman–Crippen MR) is 106 cm³/mol. The number of aromatic nitrogens is 1. The number of amides is 3. The number of rotatable bonds is 2. The van der Waals surface area contributed by atoms with Crippen LogP contribution in [0.5, 0.6) is 0 Å². The van der Waals surface area contributed by atoms with Crippen molar-refractivity contribution < 1.29 is 14.3 Å². The number of fused-ring (bicyclic) bond motifs is 1. The number of anilines is 2. The molecule has 0 saturated carbocycles. The Morgan fingerprint density at radius 1 is 1.32 bits per heavy atom. The van der Waals surface area contributed by atoms with E-state index in [2.05, 4.69) is 15.6 Å². The number of ether oxygens (including phenoxy) is 1. The van der Waals surface area contributed by atoms with Gasteiger partial charge in [-0.15, -0.1) is 0 Å². The molecule has 1 aromatic carbocycles. The highest BCUT2D eigenvalue weighted by Gasteiger charge is 2.28. The van der Waals surface area contributed by atoms with Crippen molar-refractivity contribution in [3.63, 3.8) is 0 Å². The van der Waals surface area contributed by atoms with Gasteiger partial charge in [0, 0.05) is 23.5 Å². The van der Waals surface area contributed by atoms with Crippen LogP contribution in [0.15, 0.2) is 24.3 Å². The molecular formula is C19H21N5O3S. The quantitative estimate of drug-likeness (QED) is 0.795. The first-order chi connectivity index (χ1) is 13.2. The molecule has 1 aromatic heterocycles. The Hall–Kier alpha value is -3.12. The van der Waals surface area contributed by atoms with Gasteiger partial charge in [0.2, 0.25) is 0 Å². The lowest BCUT2D eigenvalue weighted by Crippen LogP contribution is -2.39. The topological polar surface area (TPSA) is 107 Å². The normalized spacial score (nSPS) is 13.3. The molecule has 2 aromatic rings. The van der Waals surface area contributed by atoms with Gasteiger partial charge < -0.3 is 15.0 Å². The van der Waals surface area contributed by atoms with Crippen molar-refractivity contribution in [2.45, 2.75) is 39.3 Å². The van der Waals surface area contributed by atoms with E-state index < -0.39 is 11.6 Å². The van der Waals surface area contributed by atoms with Crippen LogP contribution in [0, 0.1) is 11.3 Å². The molecule has 0 atom stereocenters. The van der Waals surface area contributed by atoms with Crippen LogP contribution in [0.2, 0.25) is 0 Å². The molecule has 1 aliphatic heterocycles. The van der Waals surface area contributed by atoms with Crippen molar-refractivity contribution in [3.8, 4) is 6.07 Å². The summed E-state index contributed by atoms with van der Waals surface area (Å²) in [5.41, 5.74) is 1.32. The first-order valence-corrected chi connectivity index (χ1v) is 9.60. The minimum absolute atomic E-state index is 0.351. The SMILES string of the molecule is CC(C)(C)OC(=O)N1CCc2nc(NC(=O)Nc3cccc(C#N)c3)sc2C1. The highest BCUT2D eigenvalue weighted by molar-refractivity contribution is 7.15. The first kappa shape index (κ1) is 19.6. The second-order valence-corrected chi connectivity index (χ2v) is 8.40. The third kappa shape index (κ3) is 4.98. The number of urea groups is 1. The van der Waals surface area contributed by atoms with Gasteiger partial charge >= 0.3 is 12.1 Å². The van der Waals surface area contributed by atoms with Crippen molar-refractivity contribution in [1.82, 2.24) is 9.88 Å². The van der Waals surface area contributed by atoms with Gasteiger partial charge in [-0.2, -0.15) is 5.26 Å². The number of benzene rings is 1. The molecule has 0 unspecified atom stereocenters. The molecule has 146 valence electrons. The van der Waals surface area contributed by atoms with Gasteiger partial charge in [0.05, 0.1) is 23.9 Å². The maximum atomic E-state index is 12.2. The first-order valence-electron chi connectivity index (χ1n) is 8.78. The molecule has 3 amide bonds. The standard InChI is InChI=1S/C19H21N5O3S/c1-19(2,3)27-18(26)24-8-7-14-15(11-24)28-17(22-14)23-16(25)21-13-6-4-5-12(9-13)10-20/h4-6,9H,7-8,11H2,1-3H3,(H2,21,22,23,25). The lowest BCUT2D eigenvalue weighted by atomic mass is 10.2. The second-order valence-electron chi connectivity index (χ2n) is 7.31. The van der Waals surface area contributed by atoms with Gasteiger partial charge in [0.1, 0.15) is 5.60 Å². The molecule has 0 bridgehead atoms. The van der Waals surface area contributed by atoms with E-state index in [9.17, 15) is 9.59 Å². The van der Waals surface area contributed by atoms with Crippen LogP contribution in [0.1, 0.15) is 36.9 Å². The van der Waals surface area contributed by atoms with E-state index in [1.54, 1.807) is 29.2 Å². The summed E-state index contributed by atoms with van der Waals surface area (Å²) in [5.74, 6) is 0. The van der Waals surface area contributed by atoms with E-state index in [1.165, 1.54) is 11.3 Å². The average Bonchev–Trinajstić information content (AvgIpc) is 3.01. The van der Waals surface area contributed by atoms with Crippen molar-refractivity contribution in [2.24, 2.45) is 0 Å². The van der Waals surface area contributed by atoms with Gasteiger partial charge in [-0.25, -0.2) is 14.6 Å². The van der Waals surface area contributed by atoms with E-state index in [0.29, 0.717) is 35.9 Å². The van der Waals surface area contributed by atoms with Crippen LogP contribution in [0.4, 0.5) is 20.4 Å². The van der Waals surface area contributed by atoms with Crippen LogP contribution >= 0.6 is 11.3 Å². The summed E-state index contributed by atoms with van der Waals surface area (Å²) >= 11 is 1.34. The van der Waals surface area contributed by atoms with Crippen LogP contribution in [-0.2, 0) is 17.7 Å². The summed E-state index contributed by atoms with van der Waals surface area (Å²) in [4.78, 5) is 31.5. The molecule has 0 aliphatic carbocycles. The van der Waals surface area contributed by atoms with Crippen LogP contribution in [-0.4, -0.2) is 34.2 Å². The second kappa shape index (κ2) is 7.86. The summed E-state index contributed by atoms with van der Waals surface area (Å²) < 4.78 is 5.42. The summed E-state index contributed by atoms with van der Waals surface area (Å²) in [6.07, 6.45) is 0.259. The number of carbonyl (C=O) groups excluding carboxylic acids is 2. The minimum atomic E-state index is -0.543. The van der Waals surface area contributed by atoms with Crippen LogP contribution in [0.3, 0.4) is 0 Å². The highest BCUT2D eigenvalue weighted by Crippen LogP contribution is 2.29. The maximum Gasteiger partial charge on any atom is 0.410 e. The fourth-order valence-electron chi connectivity index (χ4n) is 2.66. The highest BCUT2D eigenvalue weighted by atomic mass is 32.1. The van der Waals surface area contributed by atoms with E-state index in [0.717, 1.165) is 10.6 Å². The van der Waals surface area contributed by atoms with Crippen LogP contribution < -0.4 is 10.6 Å². The molecule has 1 aliphatic rings. The van der Waals surface area contributed by atoms with Gasteiger partial charge in [0.25, 0.3) is 0 Å². The van der Waals surface area contributed by atoms with Crippen molar-refractivity contribution in [1.29, 1.82) is 5.26 Å². The minimum Gasteiger partial charge on any atom is -0.444 e. The van der Waals surface area contributed by atoms with Gasteiger partial charge in [-0.3, -0.25) is 5.32 Å². The molecule has 2 N–H and O–H groups in total. The number of thiazole rings is 1. The number of hydrogen-bond donors (Lipinski definition) is 2. The molecule has 2 heterocycles.